The fourth-order valence-electron chi connectivity index (χ4n) is 5.44. The number of hydrogen-bond donors (Lipinski definition) is 1. The zero-order valence-corrected chi connectivity index (χ0v) is 30.8. The number of carbonyl (C=O) groups is 2. The van der Waals surface area contributed by atoms with Gasteiger partial charge >= 0.3 is 0 Å². The molecule has 0 aliphatic heterocycles. The molecule has 0 saturated heterocycles. The lowest BCUT2D eigenvalue weighted by Gasteiger charge is -2.34. The predicted octanol–water partition coefficient (Wildman–Crippen LogP) is 8.45. The van der Waals surface area contributed by atoms with E-state index in [1.165, 1.54) is 17.0 Å². The number of hydrogen-bond acceptors (Lipinski definition) is 5. The zero-order valence-electron chi connectivity index (χ0n) is 28.5. The Labute approximate surface area is 309 Å². The summed E-state index contributed by atoms with van der Waals surface area (Å²) >= 11 is 12.6. The van der Waals surface area contributed by atoms with Crippen LogP contribution in [0.15, 0.2) is 132 Å². The maximum absolute atomic E-state index is 14.7. The third-order valence-corrected chi connectivity index (χ3v) is 10.6. The maximum atomic E-state index is 14.7. The van der Waals surface area contributed by atoms with Crippen LogP contribution in [0, 0.1) is 6.92 Å². The van der Waals surface area contributed by atoms with Gasteiger partial charge < -0.3 is 15.0 Å². The van der Waals surface area contributed by atoms with E-state index in [-0.39, 0.29) is 40.5 Å². The molecule has 5 aromatic rings. The fraction of sp³-hybridized carbons (Fsp3) is 0.200. The van der Waals surface area contributed by atoms with Gasteiger partial charge in [-0.25, -0.2) is 8.42 Å². The van der Waals surface area contributed by atoms with E-state index in [4.69, 9.17) is 27.9 Å². The monoisotopic (exact) mass is 743 g/mol. The molecule has 1 N–H and O–H groups in total. The largest absolute Gasteiger partial charge is 0.457 e. The summed E-state index contributed by atoms with van der Waals surface area (Å²) in [6.07, 6.45) is 0.183. The van der Waals surface area contributed by atoms with Gasteiger partial charge in [0.15, 0.2) is 0 Å². The number of benzene rings is 5. The zero-order chi connectivity index (χ0) is 36.5. The van der Waals surface area contributed by atoms with E-state index < -0.39 is 28.5 Å². The molecular weight excluding hydrogens is 705 g/mol. The van der Waals surface area contributed by atoms with Crippen LogP contribution in [0.4, 0.5) is 5.69 Å². The van der Waals surface area contributed by atoms with Crippen molar-refractivity contribution in [2.75, 3.05) is 10.8 Å². The van der Waals surface area contributed by atoms with E-state index in [0.717, 1.165) is 15.4 Å². The Hall–Kier alpha value is -4.83. The van der Waals surface area contributed by atoms with Gasteiger partial charge in [-0.05, 0) is 92.6 Å². The molecule has 0 radical (unpaired) electrons. The number of para-hydroxylation sites is 1. The smallest absolute Gasteiger partial charge is 0.264 e. The van der Waals surface area contributed by atoms with Gasteiger partial charge in [0, 0.05) is 19.0 Å². The van der Waals surface area contributed by atoms with Gasteiger partial charge in [-0.3, -0.25) is 13.9 Å². The van der Waals surface area contributed by atoms with Gasteiger partial charge in [0.2, 0.25) is 11.8 Å². The summed E-state index contributed by atoms with van der Waals surface area (Å²) in [7, 11) is -4.27. The molecule has 2 amide bonds. The number of rotatable bonds is 14. The second-order valence-electron chi connectivity index (χ2n) is 12.4. The van der Waals surface area contributed by atoms with Crippen molar-refractivity contribution in [1.82, 2.24) is 10.2 Å². The minimum absolute atomic E-state index is 0.0138. The van der Waals surface area contributed by atoms with E-state index in [1.807, 2.05) is 81.4 Å². The molecule has 1 atom stereocenters. The first-order valence-electron chi connectivity index (χ1n) is 16.4. The predicted molar refractivity (Wildman–Crippen MR) is 203 cm³/mol. The Balaban J connectivity index is 1.57. The average molecular weight is 745 g/mol. The van der Waals surface area contributed by atoms with E-state index in [1.54, 1.807) is 54.6 Å². The lowest BCUT2D eigenvalue weighted by atomic mass is 10.0. The van der Waals surface area contributed by atoms with Crippen LogP contribution in [0.3, 0.4) is 0 Å². The second kappa shape index (κ2) is 16.9. The van der Waals surface area contributed by atoms with Crippen molar-refractivity contribution in [3.05, 3.63) is 154 Å². The van der Waals surface area contributed by atoms with Crippen LogP contribution in [0.1, 0.15) is 30.5 Å². The van der Waals surface area contributed by atoms with Crippen molar-refractivity contribution >= 4 is 50.7 Å². The third kappa shape index (κ3) is 9.91. The fourth-order valence-corrected chi connectivity index (χ4v) is 7.18. The number of halogens is 2. The number of nitrogens with zero attached hydrogens (tertiary/aromatic N) is 2. The molecule has 0 spiro atoms. The number of carbonyl (C=O) groups excluding carboxylic acids is 2. The molecule has 0 fully saturated rings. The Morgan fingerprint density at radius 3 is 1.96 bits per heavy atom. The minimum atomic E-state index is -4.27. The van der Waals surface area contributed by atoms with Crippen LogP contribution < -0.4 is 14.4 Å². The first-order chi connectivity index (χ1) is 24.4. The maximum Gasteiger partial charge on any atom is 0.264 e. The molecule has 11 heteroatoms. The molecule has 5 aromatic carbocycles. The Morgan fingerprint density at radius 1 is 0.745 bits per heavy atom. The third-order valence-electron chi connectivity index (χ3n) is 8.03. The molecule has 264 valence electrons. The molecule has 0 bridgehead atoms. The number of aryl methyl sites for hydroxylation is 1. The van der Waals surface area contributed by atoms with Gasteiger partial charge in [0.1, 0.15) is 24.1 Å². The molecule has 1 unspecified atom stereocenters. The number of ether oxygens (including phenoxy) is 1. The van der Waals surface area contributed by atoms with Gasteiger partial charge in [-0.1, -0.05) is 95.5 Å². The van der Waals surface area contributed by atoms with Crippen molar-refractivity contribution < 1.29 is 22.7 Å². The van der Waals surface area contributed by atoms with Crippen LogP contribution in [0.2, 0.25) is 10.0 Å². The highest BCUT2D eigenvalue weighted by Crippen LogP contribution is 2.30. The van der Waals surface area contributed by atoms with E-state index >= 15 is 0 Å². The van der Waals surface area contributed by atoms with Gasteiger partial charge in [0.05, 0.1) is 20.6 Å². The van der Waals surface area contributed by atoms with Crippen molar-refractivity contribution in [2.45, 2.75) is 50.7 Å². The first-order valence-corrected chi connectivity index (χ1v) is 18.6. The summed E-state index contributed by atoms with van der Waals surface area (Å²) in [5.74, 6) is 0.129. The normalized spacial score (nSPS) is 11.9. The van der Waals surface area contributed by atoms with Crippen molar-refractivity contribution in [3.63, 3.8) is 0 Å². The Kier molecular flexibility index (Phi) is 12.4. The molecule has 0 aliphatic rings. The molecule has 8 nitrogen and oxygen atoms in total. The molecule has 5 rings (SSSR count). The lowest BCUT2D eigenvalue weighted by Crippen LogP contribution is -2.54. The molecule has 0 aromatic heterocycles. The first kappa shape index (κ1) is 37.4. The van der Waals surface area contributed by atoms with Crippen LogP contribution in [-0.2, 0) is 32.6 Å². The van der Waals surface area contributed by atoms with Crippen LogP contribution in [0.5, 0.6) is 11.5 Å². The average Bonchev–Trinajstić information content (AvgIpc) is 3.11. The van der Waals surface area contributed by atoms with Gasteiger partial charge in [0.25, 0.3) is 10.0 Å². The summed E-state index contributed by atoms with van der Waals surface area (Å²) in [5.41, 5.74) is 2.56. The summed E-state index contributed by atoms with van der Waals surface area (Å²) < 4.78 is 35.7. The van der Waals surface area contributed by atoms with Crippen molar-refractivity contribution in [3.8, 4) is 11.5 Å². The molecule has 0 aliphatic carbocycles. The van der Waals surface area contributed by atoms with Crippen LogP contribution >= 0.6 is 23.2 Å². The van der Waals surface area contributed by atoms with E-state index in [9.17, 15) is 18.0 Å². The topological polar surface area (TPSA) is 96.0 Å². The summed E-state index contributed by atoms with van der Waals surface area (Å²) in [5, 5.41) is 3.58. The number of anilines is 1. The molecule has 0 saturated carbocycles. The highest BCUT2D eigenvalue weighted by molar-refractivity contribution is 7.92. The highest BCUT2D eigenvalue weighted by Gasteiger charge is 2.35. The van der Waals surface area contributed by atoms with E-state index in [0.29, 0.717) is 22.1 Å². The lowest BCUT2D eigenvalue weighted by molar-refractivity contribution is -0.140. The molecule has 51 heavy (non-hydrogen) atoms. The minimum Gasteiger partial charge on any atom is -0.457 e. The summed E-state index contributed by atoms with van der Waals surface area (Å²) in [4.78, 5) is 30.0. The van der Waals surface area contributed by atoms with Crippen molar-refractivity contribution in [2.24, 2.45) is 0 Å². The van der Waals surface area contributed by atoms with Crippen LogP contribution in [0.25, 0.3) is 0 Å². The summed E-state index contributed by atoms with van der Waals surface area (Å²) in [6, 6.07) is 35.2. The highest BCUT2D eigenvalue weighted by atomic mass is 35.5. The Bertz CT molecular complexity index is 2040. The van der Waals surface area contributed by atoms with Gasteiger partial charge in [-0.15, -0.1) is 0 Å². The standard InChI is InChI=1S/C40H39Cl2N3O5S/c1-28(2)43-40(47)38(25-30-10-6-4-7-11-30)44(26-31-16-23-36(41)37(42)24-31)39(46)27-45(51(48,49)35-21-14-29(3)15-22-35)32-17-19-34(20-18-32)50-33-12-8-5-9-13-33/h4-24,28,38H,25-27H2,1-3H3,(H,43,47). The summed E-state index contributed by atoms with van der Waals surface area (Å²) in [6.45, 7) is 4.89. The molecular formula is C40H39Cl2N3O5S. The Morgan fingerprint density at radius 2 is 1.35 bits per heavy atom. The van der Waals surface area contributed by atoms with Crippen LogP contribution in [-0.4, -0.2) is 43.8 Å². The van der Waals surface area contributed by atoms with E-state index in [2.05, 4.69) is 5.32 Å². The number of nitrogens with one attached hydrogen (secondary N) is 1. The van der Waals surface area contributed by atoms with Gasteiger partial charge in [-0.2, -0.15) is 0 Å². The number of sulfonamides is 1. The SMILES string of the molecule is Cc1ccc(S(=O)(=O)N(CC(=O)N(Cc2ccc(Cl)c(Cl)c2)C(Cc2ccccc2)C(=O)NC(C)C)c2ccc(Oc3ccccc3)cc2)cc1. The van der Waals surface area contributed by atoms with Crippen molar-refractivity contribution in [1.29, 1.82) is 0 Å². The molecule has 0 heterocycles. The second-order valence-corrected chi connectivity index (χ2v) is 15.0. The number of amides is 2. The quantitative estimate of drug-likeness (QED) is 0.123.